The van der Waals surface area contributed by atoms with Crippen molar-refractivity contribution in [3.8, 4) is 23.6 Å². The summed E-state index contributed by atoms with van der Waals surface area (Å²) in [5.41, 5.74) is 1.71. The zero-order valence-electron chi connectivity index (χ0n) is 36.9. The van der Waals surface area contributed by atoms with Crippen molar-refractivity contribution in [1.82, 2.24) is 28.6 Å². The molecule has 2 unspecified atom stereocenters. The number of hydrogen-bond donors (Lipinski definition) is 2. The third-order valence-corrected chi connectivity index (χ3v) is 15.2. The second-order valence-electron chi connectivity index (χ2n) is 18.7. The van der Waals surface area contributed by atoms with Crippen molar-refractivity contribution in [2.75, 3.05) is 83.2 Å². The average molecular weight is 862 g/mol. The van der Waals surface area contributed by atoms with Gasteiger partial charge in [-0.1, -0.05) is 0 Å². The van der Waals surface area contributed by atoms with E-state index >= 15 is 0 Å². The predicted molar refractivity (Wildman–Crippen MR) is 241 cm³/mol. The Morgan fingerprint density at radius 2 is 1.17 bits per heavy atom. The lowest BCUT2D eigenvalue weighted by atomic mass is 9.94. The smallest absolute Gasteiger partial charge is 0.350 e. The number of nitriles is 2. The van der Waals surface area contributed by atoms with E-state index in [4.69, 9.17) is 25.8 Å². The van der Waals surface area contributed by atoms with Crippen molar-refractivity contribution in [3.05, 3.63) is 65.9 Å². The number of nitrogen functional groups attached to an aromatic ring is 1. The van der Waals surface area contributed by atoms with Crippen molar-refractivity contribution in [1.29, 1.82) is 10.5 Å². The molecule has 17 heteroatoms. The molecule has 4 heterocycles. The van der Waals surface area contributed by atoms with Gasteiger partial charge in [0.15, 0.2) is 11.5 Å². The molecule has 2 saturated heterocycles. The third kappa shape index (κ3) is 7.32. The molecule has 0 radical (unpaired) electrons. The molecule has 4 aromatic rings. The summed E-state index contributed by atoms with van der Waals surface area (Å²) < 4.78 is 15.7. The number of rotatable bonds is 14. The highest BCUT2D eigenvalue weighted by atomic mass is 16.5. The van der Waals surface area contributed by atoms with Crippen LogP contribution >= 0.6 is 0 Å². The topological polar surface area (TPSA) is 204 Å². The molecule has 0 amide bonds. The number of nitrogens with two attached hydrogens (primary N) is 1. The van der Waals surface area contributed by atoms with Gasteiger partial charge >= 0.3 is 11.4 Å². The van der Waals surface area contributed by atoms with E-state index in [0.29, 0.717) is 62.7 Å². The molecule has 17 nitrogen and oxygen atoms in total. The van der Waals surface area contributed by atoms with Crippen LogP contribution in [0.2, 0.25) is 0 Å². The van der Waals surface area contributed by atoms with E-state index in [2.05, 4.69) is 50.8 Å². The highest BCUT2D eigenvalue weighted by molar-refractivity contribution is 5.92. The number of anilines is 2. The van der Waals surface area contributed by atoms with Crippen molar-refractivity contribution < 1.29 is 9.47 Å². The SMILES string of the molecule is COc1c(N2CCC(C3(N(C)CCC#N)CC3)C2)ccc2c(=O)[nH]c(=O)n(C3CC3)c12.COc1c(N2CCC(C3(N(C)CCC#N)CC3)C2)ccc2c(=O)n(N)c(=O)n(C3CC3)c12. The molecule has 63 heavy (non-hydrogen) atoms. The van der Waals surface area contributed by atoms with Gasteiger partial charge < -0.3 is 25.1 Å². The van der Waals surface area contributed by atoms with Crippen molar-refractivity contribution in [2.45, 2.75) is 100 Å². The Morgan fingerprint density at radius 1 is 0.714 bits per heavy atom. The van der Waals surface area contributed by atoms with Gasteiger partial charge in [0.25, 0.3) is 11.1 Å². The zero-order valence-corrected chi connectivity index (χ0v) is 36.9. The predicted octanol–water partition coefficient (Wildman–Crippen LogP) is 3.66. The van der Waals surface area contributed by atoms with Crippen molar-refractivity contribution in [2.24, 2.45) is 11.8 Å². The summed E-state index contributed by atoms with van der Waals surface area (Å²) in [5.74, 6) is 8.03. The number of nitrogens with zero attached hydrogens (tertiary/aromatic N) is 9. The summed E-state index contributed by atoms with van der Waals surface area (Å²) in [5, 5.41) is 18.8. The first-order chi connectivity index (χ1) is 30.4. The molecule has 2 atom stereocenters. The fourth-order valence-electron chi connectivity index (χ4n) is 11.1. The van der Waals surface area contributed by atoms with Gasteiger partial charge in [0, 0.05) is 75.3 Å². The summed E-state index contributed by atoms with van der Waals surface area (Å²) in [4.78, 5) is 62.5. The van der Waals surface area contributed by atoms with Crippen LogP contribution < -0.4 is 47.6 Å². The maximum absolute atomic E-state index is 12.8. The van der Waals surface area contributed by atoms with Gasteiger partial charge in [0.2, 0.25) is 0 Å². The molecular formula is C46H59N11O6. The highest BCUT2D eigenvalue weighted by Gasteiger charge is 2.55. The van der Waals surface area contributed by atoms with Gasteiger partial charge in [-0.15, -0.1) is 0 Å². The molecule has 10 rings (SSSR count). The molecule has 4 aliphatic carbocycles. The van der Waals surface area contributed by atoms with Gasteiger partial charge in [-0.25, -0.2) is 9.59 Å². The second-order valence-corrected chi connectivity index (χ2v) is 18.7. The number of fused-ring (bicyclic) bond motifs is 2. The van der Waals surface area contributed by atoms with Gasteiger partial charge in [-0.3, -0.25) is 33.5 Å². The van der Waals surface area contributed by atoms with Gasteiger partial charge in [-0.2, -0.15) is 15.2 Å². The van der Waals surface area contributed by atoms with E-state index < -0.39 is 11.2 Å². The maximum atomic E-state index is 12.8. The fourth-order valence-corrected chi connectivity index (χ4v) is 11.1. The molecule has 6 aliphatic rings. The number of aromatic amines is 1. The number of H-pyrrole nitrogens is 1. The minimum atomic E-state index is -0.498. The second kappa shape index (κ2) is 16.4. The van der Waals surface area contributed by atoms with Gasteiger partial charge in [0.1, 0.15) is 11.0 Å². The molecular weight excluding hydrogens is 803 g/mol. The number of benzene rings is 2. The number of nitrogens with one attached hydrogen (secondary N) is 1. The lowest BCUT2D eigenvalue weighted by Crippen LogP contribution is -2.44. The molecule has 2 aliphatic heterocycles. The van der Waals surface area contributed by atoms with Crippen LogP contribution in [0.3, 0.4) is 0 Å². The van der Waals surface area contributed by atoms with Crippen LogP contribution in [0.1, 0.15) is 89.1 Å². The number of hydrogen-bond acceptors (Lipinski definition) is 13. The van der Waals surface area contributed by atoms with Crippen LogP contribution in [0.4, 0.5) is 11.4 Å². The fraction of sp³-hybridized carbons (Fsp3) is 0.609. The quantitative estimate of drug-likeness (QED) is 0.174. The Hall–Kier alpha value is -5.78. The Morgan fingerprint density at radius 3 is 1.62 bits per heavy atom. The minimum Gasteiger partial charge on any atom is -0.492 e. The number of ether oxygens (including phenoxy) is 2. The van der Waals surface area contributed by atoms with Crippen LogP contribution in [0.15, 0.2) is 43.4 Å². The standard InChI is InChI=1S/C23H30N6O3.C23H29N5O3/c1-26(12-3-11-24)23(9-10-23)15-8-13-27(14-15)18-7-6-17-19(20(18)32-2)28(16-4-5-16)22(31)29(25)21(17)30;1-26(12-3-11-24)23(9-10-23)15-8-13-27(14-15)18-7-6-17-19(20(18)31-2)28(16-4-5-16)22(30)25-21(17)29/h6-7,15-16H,3-5,8-10,12-14,25H2,1-2H3;6-7,15-16H,3-5,8-10,12-14H2,1-2H3,(H,25,29,30). The largest absolute Gasteiger partial charge is 0.492 e. The van der Waals surface area contributed by atoms with E-state index in [1.165, 1.54) is 25.7 Å². The van der Waals surface area contributed by atoms with Crippen LogP contribution in [0.25, 0.3) is 21.8 Å². The van der Waals surface area contributed by atoms with E-state index in [9.17, 15) is 19.2 Å². The molecule has 334 valence electrons. The summed E-state index contributed by atoms with van der Waals surface area (Å²) >= 11 is 0. The van der Waals surface area contributed by atoms with E-state index in [1.807, 2.05) is 18.2 Å². The first kappa shape index (κ1) is 42.5. The van der Waals surface area contributed by atoms with Crippen LogP contribution in [0, 0.1) is 34.5 Å². The summed E-state index contributed by atoms with van der Waals surface area (Å²) in [7, 11) is 7.49. The van der Waals surface area contributed by atoms with Crippen LogP contribution in [0.5, 0.6) is 11.5 Å². The summed E-state index contributed by atoms with van der Waals surface area (Å²) in [6.07, 6.45) is 11.6. The Bertz CT molecular complexity index is 2760. The van der Waals surface area contributed by atoms with Crippen molar-refractivity contribution in [3.63, 3.8) is 0 Å². The lowest BCUT2D eigenvalue weighted by molar-refractivity contribution is 0.164. The third-order valence-electron chi connectivity index (χ3n) is 15.2. The molecule has 4 saturated carbocycles. The molecule has 0 spiro atoms. The monoisotopic (exact) mass is 861 g/mol. The van der Waals surface area contributed by atoms with E-state index in [-0.39, 0.29) is 34.4 Å². The average Bonchev–Trinajstić information content (AvgIpc) is 4.09. The molecule has 3 N–H and O–H groups in total. The van der Waals surface area contributed by atoms with Crippen molar-refractivity contribution >= 4 is 33.2 Å². The Kier molecular flexibility index (Phi) is 11.1. The zero-order chi connectivity index (χ0) is 44.4. The normalized spacial score (nSPS) is 22.0. The van der Waals surface area contributed by atoms with Gasteiger partial charge in [-0.05, 0) is 114 Å². The molecule has 0 bridgehead atoms. The maximum Gasteiger partial charge on any atom is 0.350 e. The number of methoxy groups -OCH3 is 2. The van der Waals surface area contributed by atoms with Crippen LogP contribution in [-0.2, 0) is 0 Å². The molecule has 6 fully saturated rings. The van der Waals surface area contributed by atoms with Gasteiger partial charge in [0.05, 0.1) is 48.5 Å². The highest BCUT2D eigenvalue weighted by Crippen LogP contribution is 2.53. The first-order valence-corrected chi connectivity index (χ1v) is 22.6. The number of aromatic nitrogens is 4. The Labute approximate surface area is 365 Å². The minimum absolute atomic E-state index is 0.0550. The van der Waals surface area contributed by atoms with E-state index in [0.717, 1.165) is 89.2 Å². The first-order valence-electron chi connectivity index (χ1n) is 22.6. The van der Waals surface area contributed by atoms with E-state index in [1.54, 1.807) is 29.4 Å². The molecule has 2 aromatic carbocycles. The molecule has 2 aromatic heterocycles. The summed E-state index contributed by atoms with van der Waals surface area (Å²) in [6.45, 7) is 5.21. The lowest BCUT2D eigenvalue weighted by Gasteiger charge is -2.33. The Balaban J connectivity index is 0.000000160. The summed E-state index contributed by atoms with van der Waals surface area (Å²) in [6, 6.07) is 12.2. The van der Waals surface area contributed by atoms with Crippen LogP contribution in [-0.4, -0.2) is 107 Å².